The van der Waals surface area contributed by atoms with Crippen LogP contribution in [0.15, 0.2) is 67.1 Å². The second-order valence-electron chi connectivity index (χ2n) is 8.82. The minimum atomic E-state index is 0.592. The Bertz CT molecular complexity index is 1100. The fourth-order valence-corrected chi connectivity index (χ4v) is 4.98. The molecule has 0 unspecified atom stereocenters. The molecule has 3 N–H and O–H groups in total. The van der Waals surface area contributed by atoms with Crippen LogP contribution >= 0.6 is 11.6 Å². The van der Waals surface area contributed by atoms with Crippen molar-refractivity contribution >= 4 is 28.2 Å². The number of rotatable bonds is 9. The van der Waals surface area contributed by atoms with Crippen molar-refractivity contribution in [1.29, 1.82) is 0 Å². The van der Waals surface area contributed by atoms with Crippen LogP contribution < -0.4 is 5.32 Å². The molecular formula is C26H31ClN6. The van der Waals surface area contributed by atoms with Crippen LogP contribution in [0.4, 0.5) is 5.69 Å². The highest BCUT2D eigenvalue weighted by Gasteiger charge is 2.25. The van der Waals surface area contributed by atoms with Gasteiger partial charge in [0.2, 0.25) is 0 Å². The summed E-state index contributed by atoms with van der Waals surface area (Å²) >= 11 is 6.12. The molecule has 0 amide bonds. The van der Waals surface area contributed by atoms with Gasteiger partial charge in [-0.3, -0.25) is 9.88 Å². The van der Waals surface area contributed by atoms with E-state index in [-0.39, 0.29) is 0 Å². The fourth-order valence-electron chi connectivity index (χ4n) is 4.82. The van der Waals surface area contributed by atoms with Gasteiger partial charge in [0.1, 0.15) is 0 Å². The lowest BCUT2D eigenvalue weighted by molar-refractivity contribution is 0.0966. The Balaban J connectivity index is 1.14. The van der Waals surface area contributed by atoms with Gasteiger partial charge in [0, 0.05) is 78.3 Å². The molecule has 6 nitrogen and oxygen atoms in total. The maximum atomic E-state index is 6.12. The molecule has 0 radical (unpaired) electrons. The number of aromatic amines is 2. The predicted octanol–water partition coefficient (Wildman–Crippen LogP) is 5.12. The Morgan fingerprint density at radius 3 is 2.39 bits per heavy atom. The van der Waals surface area contributed by atoms with Gasteiger partial charge in [0.15, 0.2) is 0 Å². The lowest BCUT2D eigenvalue weighted by atomic mass is 10.0. The van der Waals surface area contributed by atoms with Gasteiger partial charge in [-0.1, -0.05) is 11.6 Å². The largest absolute Gasteiger partial charge is 0.383 e. The first-order chi connectivity index (χ1) is 16.2. The molecule has 0 aliphatic carbocycles. The second-order valence-corrected chi connectivity index (χ2v) is 9.25. The number of H-pyrrole nitrogens is 2. The third-order valence-corrected chi connectivity index (χ3v) is 6.83. The minimum Gasteiger partial charge on any atom is -0.383 e. The van der Waals surface area contributed by atoms with Crippen molar-refractivity contribution in [2.45, 2.75) is 32.0 Å². The number of nitrogens with zero attached hydrogens (tertiary/aromatic N) is 3. The van der Waals surface area contributed by atoms with Crippen molar-refractivity contribution in [1.82, 2.24) is 24.8 Å². The number of nitrogens with one attached hydrogen (secondary N) is 3. The average Bonchev–Trinajstić information content (AvgIpc) is 3.54. The van der Waals surface area contributed by atoms with Crippen molar-refractivity contribution in [3.63, 3.8) is 0 Å². The van der Waals surface area contributed by atoms with Gasteiger partial charge in [-0.25, -0.2) is 0 Å². The minimum absolute atomic E-state index is 0.592. The van der Waals surface area contributed by atoms with Gasteiger partial charge < -0.3 is 20.2 Å². The standard InChI is InChI=1S/C26H31ClN6/c27-20-5-6-24-25(7-12-30-26(24)17-20)31-13-16-32-14-8-23(9-15-32)33(18-21-3-1-10-28-21)19-22-4-2-11-29-22/h1-7,10-12,17,23,28-29H,8-9,13-16,18-19H2,(H,30,31). The predicted molar refractivity (Wildman–Crippen MR) is 136 cm³/mol. The molecule has 0 saturated carbocycles. The molecule has 0 spiro atoms. The lowest BCUT2D eigenvalue weighted by Gasteiger charge is -2.38. The van der Waals surface area contributed by atoms with Crippen LogP contribution in [-0.2, 0) is 13.1 Å². The Morgan fingerprint density at radius 2 is 1.73 bits per heavy atom. The Morgan fingerprint density at radius 1 is 1.00 bits per heavy atom. The molecule has 4 heterocycles. The van der Waals surface area contributed by atoms with Crippen LogP contribution in [0.2, 0.25) is 5.02 Å². The molecule has 5 rings (SSSR count). The number of hydrogen-bond donors (Lipinski definition) is 3. The van der Waals surface area contributed by atoms with E-state index in [0.717, 1.165) is 60.9 Å². The molecule has 7 heteroatoms. The lowest BCUT2D eigenvalue weighted by Crippen LogP contribution is -2.45. The van der Waals surface area contributed by atoms with E-state index in [2.05, 4.69) is 54.3 Å². The second kappa shape index (κ2) is 10.4. The molecule has 172 valence electrons. The molecule has 1 aliphatic rings. The summed E-state index contributed by atoms with van der Waals surface area (Å²) in [6.07, 6.45) is 8.25. The molecule has 1 aliphatic heterocycles. The number of piperidine rings is 1. The summed E-state index contributed by atoms with van der Waals surface area (Å²) in [4.78, 5) is 16.4. The zero-order valence-corrected chi connectivity index (χ0v) is 19.6. The van der Waals surface area contributed by atoms with Gasteiger partial charge >= 0.3 is 0 Å². The topological polar surface area (TPSA) is 63.0 Å². The number of aromatic nitrogens is 3. The number of hydrogen-bond acceptors (Lipinski definition) is 4. The normalized spacial score (nSPS) is 15.5. The number of pyridine rings is 1. The summed E-state index contributed by atoms with van der Waals surface area (Å²) < 4.78 is 0. The first-order valence-corrected chi connectivity index (χ1v) is 12.1. The van der Waals surface area contributed by atoms with E-state index in [0.29, 0.717) is 6.04 Å². The maximum Gasteiger partial charge on any atom is 0.0737 e. The molecule has 0 bridgehead atoms. The highest BCUT2D eigenvalue weighted by atomic mass is 35.5. The smallest absolute Gasteiger partial charge is 0.0737 e. The molecule has 0 atom stereocenters. The summed E-state index contributed by atoms with van der Waals surface area (Å²) in [6.45, 7) is 6.13. The number of fused-ring (bicyclic) bond motifs is 1. The van der Waals surface area contributed by atoms with Crippen LogP contribution in [0.25, 0.3) is 10.9 Å². The average molecular weight is 463 g/mol. The summed E-state index contributed by atoms with van der Waals surface area (Å²) in [5, 5.41) is 5.44. The van der Waals surface area contributed by atoms with Crippen LogP contribution in [-0.4, -0.2) is 57.0 Å². The van der Waals surface area contributed by atoms with Gasteiger partial charge in [-0.2, -0.15) is 0 Å². The first-order valence-electron chi connectivity index (χ1n) is 11.7. The first kappa shape index (κ1) is 22.0. The van der Waals surface area contributed by atoms with E-state index in [4.69, 9.17) is 11.6 Å². The van der Waals surface area contributed by atoms with Crippen molar-refractivity contribution in [3.8, 4) is 0 Å². The van der Waals surface area contributed by atoms with E-state index >= 15 is 0 Å². The van der Waals surface area contributed by atoms with E-state index in [1.54, 1.807) is 0 Å². The van der Waals surface area contributed by atoms with E-state index in [1.165, 1.54) is 24.2 Å². The Hall–Kier alpha value is -2.80. The van der Waals surface area contributed by atoms with Crippen LogP contribution in [0.3, 0.4) is 0 Å². The third-order valence-electron chi connectivity index (χ3n) is 6.59. The number of anilines is 1. The van der Waals surface area contributed by atoms with Crippen LogP contribution in [0.1, 0.15) is 24.2 Å². The number of halogens is 1. The zero-order chi connectivity index (χ0) is 22.5. The highest BCUT2D eigenvalue weighted by Crippen LogP contribution is 2.25. The van der Waals surface area contributed by atoms with Gasteiger partial charge in [0.25, 0.3) is 0 Å². The van der Waals surface area contributed by atoms with E-state index in [9.17, 15) is 0 Å². The van der Waals surface area contributed by atoms with Crippen molar-refractivity contribution in [2.24, 2.45) is 0 Å². The van der Waals surface area contributed by atoms with Gasteiger partial charge in [-0.05, 0) is 74.5 Å². The molecule has 3 aromatic heterocycles. The molecule has 1 aromatic carbocycles. The fraction of sp³-hybridized carbons (Fsp3) is 0.346. The summed E-state index contributed by atoms with van der Waals surface area (Å²) in [6, 6.07) is 17.0. The molecule has 33 heavy (non-hydrogen) atoms. The third kappa shape index (κ3) is 5.58. The summed E-state index contributed by atoms with van der Waals surface area (Å²) in [7, 11) is 0. The van der Waals surface area contributed by atoms with Crippen molar-refractivity contribution < 1.29 is 0 Å². The quantitative estimate of drug-likeness (QED) is 0.323. The van der Waals surface area contributed by atoms with Crippen LogP contribution in [0, 0.1) is 0 Å². The van der Waals surface area contributed by atoms with Crippen LogP contribution in [0.5, 0.6) is 0 Å². The van der Waals surface area contributed by atoms with Gasteiger partial charge in [0.05, 0.1) is 5.52 Å². The molecule has 1 fully saturated rings. The van der Waals surface area contributed by atoms with Crippen molar-refractivity contribution in [3.05, 3.63) is 83.5 Å². The van der Waals surface area contributed by atoms with E-state index < -0.39 is 0 Å². The zero-order valence-electron chi connectivity index (χ0n) is 18.8. The monoisotopic (exact) mass is 462 g/mol. The van der Waals surface area contributed by atoms with E-state index in [1.807, 2.05) is 42.9 Å². The highest BCUT2D eigenvalue weighted by molar-refractivity contribution is 6.31. The van der Waals surface area contributed by atoms with Crippen molar-refractivity contribution in [2.75, 3.05) is 31.5 Å². The van der Waals surface area contributed by atoms with Gasteiger partial charge in [-0.15, -0.1) is 0 Å². The maximum absolute atomic E-state index is 6.12. The number of benzene rings is 1. The summed E-state index contributed by atoms with van der Waals surface area (Å²) in [5.74, 6) is 0. The molecule has 4 aromatic rings. The Labute approximate surface area is 200 Å². The Kier molecular flexibility index (Phi) is 6.95. The molecular weight excluding hydrogens is 432 g/mol. The number of likely N-dealkylation sites (tertiary alicyclic amines) is 1. The SMILES string of the molecule is Clc1ccc2c(NCCN3CCC(N(Cc4ccc[nH]4)Cc4ccc[nH]4)CC3)ccnc2c1. The molecule has 1 saturated heterocycles. The summed E-state index contributed by atoms with van der Waals surface area (Å²) in [5.41, 5.74) is 4.60.